The van der Waals surface area contributed by atoms with Gasteiger partial charge in [0.05, 0.1) is 6.54 Å². The van der Waals surface area contributed by atoms with Gasteiger partial charge in [0.2, 0.25) is 5.91 Å². The summed E-state index contributed by atoms with van der Waals surface area (Å²) in [4.78, 5) is 22.9. The maximum Gasteiger partial charge on any atom is 0.236 e. The van der Waals surface area contributed by atoms with Gasteiger partial charge >= 0.3 is 0 Å². The molecule has 2 aliphatic rings. The number of hydrogen-bond acceptors (Lipinski definition) is 4. The lowest BCUT2D eigenvalue weighted by atomic mass is 9.78. The zero-order chi connectivity index (χ0) is 16.3. The third-order valence-electron chi connectivity index (χ3n) is 5.27. The number of carbonyl (C=O) groups excluding carboxylic acids is 1. The predicted octanol–water partition coefficient (Wildman–Crippen LogP) is 1.46. The van der Waals surface area contributed by atoms with E-state index in [9.17, 15) is 4.79 Å². The normalized spacial score (nSPS) is 21.3. The highest BCUT2D eigenvalue weighted by atomic mass is 16.2. The number of aromatic nitrogens is 1. The highest BCUT2D eigenvalue weighted by Crippen LogP contribution is 2.40. The number of pyridine rings is 1. The molecule has 0 aliphatic carbocycles. The van der Waals surface area contributed by atoms with Crippen LogP contribution in [0.2, 0.25) is 0 Å². The van der Waals surface area contributed by atoms with Crippen LogP contribution in [0.1, 0.15) is 24.8 Å². The van der Waals surface area contributed by atoms with Crippen LogP contribution in [0.4, 0.5) is 0 Å². The van der Waals surface area contributed by atoms with Gasteiger partial charge in [0.15, 0.2) is 0 Å². The highest BCUT2D eigenvalue weighted by Gasteiger charge is 2.41. The van der Waals surface area contributed by atoms with Gasteiger partial charge in [-0.3, -0.25) is 14.7 Å². The van der Waals surface area contributed by atoms with Crippen molar-refractivity contribution in [3.8, 4) is 0 Å². The summed E-state index contributed by atoms with van der Waals surface area (Å²) in [5, 5.41) is 0. The van der Waals surface area contributed by atoms with E-state index in [0.717, 1.165) is 39.0 Å². The Balaban J connectivity index is 1.50. The number of amides is 1. The number of nitrogens with zero attached hydrogens (tertiary/aromatic N) is 4. The fraction of sp³-hybridized carbons (Fsp3) is 0.667. The summed E-state index contributed by atoms with van der Waals surface area (Å²) >= 11 is 0. The minimum absolute atomic E-state index is 0.273. The van der Waals surface area contributed by atoms with E-state index in [1.165, 1.54) is 18.5 Å². The van der Waals surface area contributed by atoms with Gasteiger partial charge < -0.3 is 9.80 Å². The maximum atomic E-state index is 12.2. The van der Waals surface area contributed by atoms with Crippen molar-refractivity contribution >= 4 is 5.91 Å². The van der Waals surface area contributed by atoms with E-state index in [2.05, 4.69) is 20.9 Å². The second kappa shape index (κ2) is 6.97. The average Bonchev–Trinajstić information content (AvgIpc) is 2.91. The van der Waals surface area contributed by atoms with Crippen molar-refractivity contribution in [3.05, 3.63) is 30.1 Å². The molecule has 126 valence electrons. The molecule has 23 heavy (non-hydrogen) atoms. The van der Waals surface area contributed by atoms with Crippen LogP contribution < -0.4 is 0 Å². The Morgan fingerprint density at radius 2 is 2.00 bits per heavy atom. The molecular formula is C18H28N4O. The summed E-state index contributed by atoms with van der Waals surface area (Å²) in [6.45, 7) is 5.71. The zero-order valence-corrected chi connectivity index (χ0v) is 14.4. The van der Waals surface area contributed by atoms with Crippen LogP contribution in [0.25, 0.3) is 0 Å². The van der Waals surface area contributed by atoms with E-state index in [-0.39, 0.29) is 5.91 Å². The summed E-state index contributed by atoms with van der Waals surface area (Å²) in [6.07, 6.45) is 7.36. The van der Waals surface area contributed by atoms with Crippen LogP contribution in [0, 0.1) is 5.41 Å². The van der Waals surface area contributed by atoms with E-state index in [1.807, 2.05) is 37.5 Å². The number of piperidine rings is 1. The SMILES string of the molecule is CN(C)CC(=O)N1CCC2(CCN(Cc3cccnc3)C2)CC1. The van der Waals surface area contributed by atoms with E-state index < -0.39 is 0 Å². The Kier molecular flexibility index (Phi) is 4.97. The fourth-order valence-electron chi connectivity index (χ4n) is 3.92. The Bertz CT molecular complexity index is 523. The third-order valence-corrected chi connectivity index (χ3v) is 5.27. The number of likely N-dealkylation sites (N-methyl/N-ethyl adjacent to an activating group) is 1. The lowest BCUT2D eigenvalue weighted by Crippen LogP contribution is -2.46. The molecule has 0 atom stereocenters. The van der Waals surface area contributed by atoms with Crippen molar-refractivity contribution < 1.29 is 4.79 Å². The lowest BCUT2D eigenvalue weighted by Gasteiger charge is -2.39. The van der Waals surface area contributed by atoms with Crippen LogP contribution >= 0.6 is 0 Å². The topological polar surface area (TPSA) is 39.7 Å². The van der Waals surface area contributed by atoms with Crippen molar-refractivity contribution in [3.63, 3.8) is 0 Å². The first-order valence-electron chi connectivity index (χ1n) is 8.60. The zero-order valence-electron chi connectivity index (χ0n) is 14.4. The van der Waals surface area contributed by atoms with Gasteiger partial charge in [0, 0.05) is 38.6 Å². The summed E-state index contributed by atoms with van der Waals surface area (Å²) in [7, 11) is 3.91. The molecule has 2 saturated heterocycles. The van der Waals surface area contributed by atoms with Crippen LogP contribution in [0.15, 0.2) is 24.5 Å². The molecule has 1 spiro atoms. The summed E-state index contributed by atoms with van der Waals surface area (Å²) in [5.41, 5.74) is 1.72. The summed E-state index contributed by atoms with van der Waals surface area (Å²) in [6, 6.07) is 4.16. The van der Waals surface area contributed by atoms with Crippen molar-refractivity contribution in [2.75, 3.05) is 46.8 Å². The molecule has 1 aromatic rings. The molecule has 0 saturated carbocycles. The Labute approximate surface area is 139 Å². The number of likely N-dealkylation sites (tertiary alicyclic amines) is 2. The van der Waals surface area contributed by atoms with Gasteiger partial charge in [-0.25, -0.2) is 0 Å². The second-order valence-corrected chi connectivity index (χ2v) is 7.44. The number of hydrogen-bond donors (Lipinski definition) is 0. The van der Waals surface area contributed by atoms with E-state index in [4.69, 9.17) is 0 Å². The molecule has 0 radical (unpaired) electrons. The molecule has 1 amide bonds. The van der Waals surface area contributed by atoms with Gasteiger partial charge in [0.25, 0.3) is 0 Å². The van der Waals surface area contributed by atoms with Crippen LogP contribution in [-0.2, 0) is 11.3 Å². The van der Waals surface area contributed by atoms with E-state index in [0.29, 0.717) is 12.0 Å². The molecule has 2 aliphatic heterocycles. The molecule has 1 aromatic heterocycles. The molecular weight excluding hydrogens is 288 g/mol. The summed E-state index contributed by atoms with van der Waals surface area (Å²) < 4.78 is 0. The first-order valence-corrected chi connectivity index (χ1v) is 8.60. The Morgan fingerprint density at radius 3 is 2.65 bits per heavy atom. The minimum atomic E-state index is 0.273. The van der Waals surface area contributed by atoms with Crippen molar-refractivity contribution in [2.45, 2.75) is 25.8 Å². The molecule has 0 bridgehead atoms. The molecule has 5 nitrogen and oxygen atoms in total. The summed E-state index contributed by atoms with van der Waals surface area (Å²) in [5.74, 6) is 0.273. The third kappa shape index (κ3) is 4.09. The molecule has 0 aromatic carbocycles. The number of carbonyl (C=O) groups is 1. The quantitative estimate of drug-likeness (QED) is 0.843. The monoisotopic (exact) mass is 316 g/mol. The first kappa shape index (κ1) is 16.4. The van der Waals surface area contributed by atoms with Gasteiger partial charge in [-0.15, -0.1) is 0 Å². The first-order chi connectivity index (χ1) is 11.1. The minimum Gasteiger partial charge on any atom is -0.342 e. The average molecular weight is 316 g/mol. The standard InChI is InChI=1S/C18H28N4O/c1-20(2)14-17(23)22-10-6-18(7-11-22)5-9-21(15-18)13-16-4-3-8-19-12-16/h3-4,8,12H,5-7,9-11,13-15H2,1-2H3. The Morgan fingerprint density at radius 1 is 1.26 bits per heavy atom. The van der Waals surface area contributed by atoms with E-state index in [1.54, 1.807) is 0 Å². The van der Waals surface area contributed by atoms with Crippen molar-refractivity contribution in [1.82, 2.24) is 19.7 Å². The maximum absolute atomic E-state index is 12.2. The van der Waals surface area contributed by atoms with Gasteiger partial charge in [0.1, 0.15) is 0 Å². The van der Waals surface area contributed by atoms with Gasteiger partial charge in [-0.1, -0.05) is 6.07 Å². The van der Waals surface area contributed by atoms with Crippen LogP contribution in [0.5, 0.6) is 0 Å². The molecule has 0 N–H and O–H groups in total. The van der Waals surface area contributed by atoms with Crippen LogP contribution in [0.3, 0.4) is 0 Å². The second-order valence-electron chi connectivity index (χ2n) is 7.44. The molecule has 3 heterocycles. The molecule has 0 unspecified atom stereocenters. The van der Waals surface area contributed by atoms with Crippen molar-refractivity contribution in [1.29, 1.82) is 0 Å². The lowest BCUT2D eigenvalue weighted by molar-refractivity contribution is -0.134. The fourth-order valence-corrected chi connectivity index (χ4v) is 3.92. The Hall–Kier alpha value is -1.46. The molecule has 2 fully saturated rings. The van der Waals surface area contributed by atoms with Gasteiger partial charge in [-0.05, 0) is 56.9 Å². The smallest absolute Gasteiger partial charge is 0.236 e. The predicted molar refractivity (Wildman–Crippen MR) is 90.9 cm³/mol. The van der Waals surface area contributed by atoms with Gasteiger partial charge in [-0.2, -0.15) is 0 Å². The molecule has 5 heteroatoms. The van der Waals surface area contributed by atoms with E-state index >= 15 is 0 Å². The molecule has 3 rings (SSSR count). The number of rotatable bonds is 4. The largest absolute Gasteiger partial charge is 0.342 e. The van der Waals surface area contributed by atoms with Crippen molar-refractivity contribution in [2.24, 2.45) is 5.41 Å². The van der Waals surface area contributed by atoms with Crippen LogP contribution in [-0.4, -0.2) is 72.4 Å². The highest BCUT2D eigenvalue weighted by molar-refractivity contribution is 5.78.